The molecule has 0 aromatic heterocycles. The first-order valence-electron chi connectivity index (χ1n) is 12.3. The second kappa shape index (κ2) is 17.5. The van der Waals surface area contributed by atoms with Crippen LogP contribution in [0.1, 0.15) is 32.8 Å². The molecule has 2 atom stereocenters. The second-order valence-electron chi connectivity index (χ2n) is 9.63. The average Bonchev–Trinajstić information content (AvgIpc) is 3.59. The molecule has 0 bridgehead atoms. The Morgan fingerprint density at radius 3 is 1.90 bits per heavy atom. The Bertz CT molecular complexity index is 931. The number of amides is 2. The Kier molecular flexibility index (Phi) is 15.6. The molecular formula is C30H33F3FeN2O4+2. The number of alkyl halides is 3. The Labute approximate surface area is 246 Å². The summed E-state index contributed by atoms with van der Waals surface area (Å²) in [7, 11) is 0. The van der Waals surface area contributed by atoms with Crippen LogP contribution in [0.2, 0.25) is 0 Å². The van der Waals surface area contributed by atoms with Gasteiger partial charge in [0.05, 0.1) is 0 Å². The van der Waals surface area contributed by atoms with E-state index in [1.165, 1.54) is 0 Å². The third-order valence-corrected chi connectivity index (χ3v) is 5.10. The van der Waals surface area contributed by atoms with Crippen LogP contribution in [0.4, 0.5) is 13.2 Å². The van der Waals surface area contributed by atoms with E-state index in [2.05, 4.69) is 5.32 Å². The summed E-state index contributed by atoms with van der Waals surface area (Å²) in [5, 5.41) is 4.18. The first-order valence-corrected chi connectivity index (χ1v) is 12.3. The zero-order chi connectivity index (χ0) is 28.9. The van der Waals surface area contributed by atoms with Gasteiger partial charge in [0.15, 0.2) is 0 Å². The molecule has 214 valence electrons. The largest absolute Gasteiger partial charge is 2.00 e. The monoisotopic (exact) mass is 598 g/mol. The summed E-state index contributed by atoms with van der Waals surface area (Å²) in [6.07, 6.45) is 15.5. The van der Waals surface area contributed by atoms with Gasteiger partial charge in [-0.1, -0.05) is 42.5 Å². The van der Waals surface area contributed by atoms with Gasteiger partial charge in [-0.15, -0.1) is 0 Å². The molecule has 1 aromatic carbocycles. The quantitative estimate of drug-likeness (QED) is 0.325. The maximum atomic E-state index is 13.0. The van der Waals surface area contributed by atoms with Gasteiger partial charge in [-0.2, -0.15) is 13.2 Å². The topological polar surface area (TPSA) is 84.5 Å². The Morgan fingerprint density at radius 2 is 1.40 bits per heavy atom. The fourth-order valence-corrected chi connectivity index (χ4v) is 3.32. The van der Waals surface area contributed by atoms with E-state index in [4.69, 9.17) is 4.74 Å². The van der Waals surface area contributed by atoms with Gasteiger partial charge in [0, 0.05) is 12.3 Å². The molecule has 2 saturated carbocycles. The number of nitrogens with one attached hydrogen (secondary N) is 2. The van der Waals surface area contributed by atoms with Crippen LogP contribution in [-0.2, 0) is 42.6 Å². The van der Waals surface area contributed by atoms with Gasteiger partial charge < -0.3 is 15.4 Å². The van der Waals surface area contributed by atoms with Gasteiger partial charge in [-0.05, 0) is 90.5 Å². The van der Waals surface area contributed by atoms with Gasteiger partial charge in [0.25, 0.3) is 0 Å². The normalized spacial score (nSPS) is 17.2. The number of ether oxygens (including phenoxy) is 1. The minimum Gasteiger partial charge on any atom is -0.458 e. The standard InChI is InChI=1S/C25H28F3N2O4.C5H5.Fe/c1-24(2,3)34-22(32)19(15-9-14-17-10-7-8-11-17)29-21(31)20(30-23(33)25(26,27)28)16-18-12-5-4-6-13-18;1-2-4-5-3-1;/h4-14,19-20H,15-16H2,1-3H3,(H,29,31)(H,30,33);1-5H;/q;;+2/b14-9+;;/t19-,20+;;/m1../s1. The molecule has 10 radical (unpaired) electrons. The van der Waals surface area contributed by atoms with E-state index >= 15 is 0 Å². The molecule has 1 aromatic rings. The molecule has 6 nitrogen and oxygen atoms in total. The summed E-state index contributed by atoms with van der Waals surface area (Å²) in [4.78, 5) is 37.2. The van der Waals surface area contributed by atoms with Crippen molar-refractivity contribution in [3.63, 3.8) is 0 Å². The van der Waals surface area contributed by atoms with Crippen molar-refractivity contribution in [2.45, 2.75) is 57.5 Å². The van der Waals surface area contributed by atoms with Crippen molar-refractivity contribution >= 4 is 17.8 Å². The molecule has 40 heavy (non-hydrogen) atoms. The predicted octanol–water partition coefficient (Wildman–Crippen LogP) is 4.47. The summed E-state index contributed by atoms with van der Waals surface area (Å²) < 4.78 is 44.0. The molecule has 3 rings (SSSR count). The van der Waals surface area contributed by atoms with E-state index in [1.54, 1.807) is 68.6 Å². The summed E-state index contributed by atoms with van der Waals surface area (Å²) >= 11 is 0. The molecule has 0 saturated heterocycles. The molecule has 0 heterocycles. The zero-order valence-corrected chi connectivity index (χ0v) is 23.5. The second-order valence-corrected chi connectivity index (χ2v) is 9.63. The molecule has 2 aliphatic carbocycles. The van der Waals surface area contributed by atoms with Gasteiger partial charge in [0.2, 0.25) is 5.91 Å². The van der Waals surface area contributed by atoms with Crippen molar-refractivity contribution in [1.29, 1.82) is 0 Å². The Morgan fingerprint density at radius 1 is 0.850 bits per heavy atom. The van der Waals surface area contributed by atoms with Crippen molar-refractivity contribution in [2.75, 3.05) is 0 Å². The predicted molar refractivity (Wildman–Crippen MR) is 142 cm³/mol. The molecule has 2 amide bonds. The van der Waals surface area contributed by atoms with Gasteiger partial charge in [0.1, 0.15) is 17.7 Å². The molecule has 2 aliphatic rings. The molecule has 0 aliphatic heterocycles. The van der Waals surface area contributed by atoms with Crippen molar-refractivity contribution in [1.82, 2.24) is 10.6 Å². The van der Waals surface area contributed by atoms with E-state index in [9.17, 15) is 27.6 Å². The van der Waals surface area contributed by atoms with Crippen LogP contribution in [0.5, 0.6) is 0 Å². The van der Waals surface area contributed by atoms with E-state index in [1.807, 2.05) is 57.8 Å². The van der Waals surface area contributed by atoms with Gasteiger partial charge in [-0.3, -0.25) is 9.59 Å². The van der Waals surface area contributed by atoms with Crippen LogP contribution in [0, 0.1) is 63.7 Å². The van der Waals surface area contributed by atoms with Crippen LogP contribution in [0.3, 0.4) is 0 Å². The van der Waals surface area contributed by atoms with E-state index < -0.39 is 41.6 Å². The van der Waals surface area contributed by atoms with Gasteiger partial charge >= 0.3 is 35.1 Å². The zero-order valence-electron chi connectivity index (χ0n) is 22.4. The average molecular weight is 598 g/mol. The van der Waals surface area contributed by atoms with Crippen LogP contribution < -0.4 is 10.6 Å². The molecule has 0 spiro atoms. The van der Waals surface area contributed by atoms with Crippen LogP contribution in [-0.4, -0.2) is 41.6 Å². The van der Waals surface area contributed by atoms with E-state index in [0.717, 1.165) is 5.92 Å². The van der Waals surface area contributed by atoms with E-state index in [-0.39, 0.29) is 29.9 Å². The minimum atomic E-state index is -5.16. The number of carbonyl (C=O) groups excluding carboxylic acids is 3. The number of esters is 1. The van der Waals surface area contributed by atoms with Crippen LogP contribution >= 0.6 is 0 Å². The molecule has 0 unspecified atom stereocenters. The number of benzene rings is 1. The number of hydrogen-bond acceptors (Lipinski definition) is 4. The Balaban J connectivity index is 0.00000120. The summed E-state index contributed by atoms with van der Waals surface area (Å²) in [5.41, 5.74) is -0.307. The molecule has 2 fully saturated rings. The van der Waals surface area contributed by atoms with Gasteiger partial charge in [-0.25, -0.2) is 4.79 Å². The van der Waals surface area contributed by atoms with E-state index in [0.29, 0.717) is 5.56 Å². The molecule has 2 N–H and O–H groups in total. The molecule has 10 heteroatoms. The Hall–Kier alpha value is -2.32. The summed E-state index contributed by atoms with van der Waals surface area (Å²) in [5.74, 6) is -3.03. The number of carbonyl (C=O) groups is 3. The SMILES string of the molecule is CC(C)(C)OC(=O)[C@@H](C/C=C/[C]1[CH][CH][CH][CH]1)NC(=O)[C@H](Cc1ccccc1)NC(=O)C(F)(F)F.[CH]1[CH][CH][CH][CH]1.[Fe+2]. The summed E-state index contributed by atoms with van der Waals surface area (Å²) in [6.45, 7) is 4.97. The maximum absolute atomic E-state index is 13.0. The van der Waals surface area contributed by atoms with Crippen molar-refractivity contribution in [3.8, 4) is 0 Å². The third kappa shape index (κ3) is 14.4. The smallest absolute Gasteiger partial charge is 0.458 e. The molecular weight excluding hydrogens is 565 g/mol. The fraction of sp³-hybridized carbons (Fsp3) is 0.300. The number of hydrogen-bond donors (Lipinski definition) is 2. The number of rotatable bonds is 9. The number of allylic oxidation sites excluding steroid dienone is 1. The number of halogens is 3. The van der Waals surface area contributed by atoms with Crippen LogP contribution in [0.25, 0.3) is 0 Å². The first kappa shape index (κ1) is 35.7. The first-order chi connectivity index (χ1) is 18.3. The third-order valence-electron chi connectivity index (χ3n) is 5.10. The van der Waals surface area contributed by atoms with Crippen LogP contribution in [0.15, 0.2) is 42.5 Å². The van der Waals surface area contributed by atoms with Crippen molar-refractivity contribution < 1.29 is 49.4 Å². The summed E-state index contributed by atoms with van der Waals surface area (Å²) in [6, 6.07) is 5.55. The van der Waals surface area contributed by atoms with Crippen molar-refractivity contribution in [3.05, 3.63) is 112 Å². The maximum Gasteiger partial charge on any atom is 2.00 e. The fourth-order valence-electron chi connectivity index (χ4n) is 3.32. The van der Waals surface area contributed by atoms with Crippen molar-refractivity contribution in [2.24, 2.45) is 0 Å². The minimum absolute atomic E-state index is 0.